The van der Waals surface area contributed by atoms with Gasteiger partial charge in [-0.3, -0.25) is 9.59 Å². The largest absolute Gasteiger partial charge is 0.343 e. The van der Waals surface area contributed by atoms with Crippen molar-refractivity contribution in [1.29, 1.82) is 0 Å². The molecule has 2 fully saturated rings. The van der Waals surface area contributed by atoms with E-state index in [1.165, 1.54) is 0 Å². The number of hydrogen-bond donors (Lipinski definition) is 1. The van der Waals surface area contributed by atoms with Gasteiger partial charge in [0.05, 0.1) is 6.04 Å². The second-order valence-corrected chi connectivity index (χ2v) is 7.79. The van der Waals surface area contributed by atoms with Gasteiger partial charge >= 0.3 is 0 Å². The van der Waals surface area contributed by atoms with Gasteiger partial charge in [-0.1, -0.05) is 23.7 Å². The molecule has 2 heterocycles. The number of halogens is 1. The molecule has 2 amide bonds. The Morgan fingerprint density at radius 2 is 2.00 bits per heavy atom. The van der Waals surface area contributed by atoms with Crippen LogP contribution in [0, 0.1) is 5.92 Å². The van der Waals surface area contributed by atoms with Crippen LogP contribution in [0.25, 0.3) is 0 Å². The average molecular weight is 378 g/mol. The number of amides is 2. The van der Waals surface area contributed by atoms with E-state index in [4.69, 9.17) is 11.6 Å². The van der Waals surface area contributed by atoms with Crippen LogP contribution in [-0.4, -0.2) is 54.3 Å². The highest BCUT2D eigenvalue weighted by Crippen LogP contribution is 2.27. The van der Waals surface area contributed by atoms with Crippen molar-refractivity contribution in [2.75, 3.05) is 32.7 Å². The van der Waals surface area contributed by atoms with Gasteiger partial charge in [0.2, 0.25) is 11.8 Å². The Labute approximate surface area is 160 Å². The van der Waals surface area contributed by atoms with Crippen molar-refractivity contribution in [2.24, 2.45) is 5.92 Å². The zero-order valence-electron chi connectivity index (χ0n) is 15.4. The molecule has 2 saturated heterocycles. The second kappa shape index (κ2) is 8.87. The number of hydrogen-bond acceptors (Lipinski definition) is 3. The molecule has 0 aromatic heterocycles. The lowest BCUT2D eigenvalue weighted by Crippen LogP contribution is -2.48. The Hall–Kier alpha value is -1.59. The van der Waals surface area contributed by atoms with Gasteiger partial charge in [0, 0.05) is 51.1 Å². The lowest BCUT2D eigenvalue weighted by atomic mass is 9.91. The molecule has 1 unspecified atom stereocenters. The zero-order valence-corrected chi connectivity index (χ0v) is 16.2. The van der Waals surface area contributed by atoms with Crippen molar-refractivity contribution in [3.63, 3.8) is 0 Å². The zero-order chi connectivity index (χ0) is 18.5. The molecule has 1 N–H and O–H groups in total. The Morgan fingerprint density at radius 3 is 2.69 bits per heavy atom. The molecule has 26 heavy (non-hydrogen) atoms. The molecule has 2 aliphatic rings. The van der Waals surface area contributed by atoms with E-state index in [1.54, 1.807) is 6.92 Å². The first-order valence-electron chi connectivity index (χ1n) is 9.56. The van der Waals surface area contributed by atoms with Gasteiger partial charge in [0.15, 0.2) is 0 Å². The highest BCUT2D eigenvalue weighted by molar-refractivity contribution is 6.30. The molecule has 0 bridgehead atoms. The monoisotopic (exact) mass is 377 g/mol. The minimum atomic E-state index is 0.0505. The van der Waals surface area contributed by atoms with E-state index < -0.39 is 0 Å². The highest BCUT2D eigenvalue weighted by Gasteiger charge is 2.29. The van der Waals surface area contributed by atoms with Gasteiger partial charge < -0.3 is 15.1 Å². The van der Waals surface area contributed by atoms with Crippen LogP contribution in [-0.2, 0) is 9.59 Å². The number of carbonyl (C=O) groups excluding carboxylic acids is 2. The molecule has 0 radical (unpaired) electrons. The summed E-state index contributed by atoms with van der Waals surface area (Å²) in [5, 5.41) is 4.09. The lowest BCUT2D eigenvalue weighted by Gasteiger charge is -2.37. The predicted octanol–water partition coefficient (Wildman–Crippen LogP) is 2.85. The normalized spacial score (nSPS) is 21.7. The topological polar surface area (TPSA) is 52.7 Å². The molecule has 142 valence electrons. The Balaban J connectivity index is 1.55. The third-order valence-electron chi connectivity index (χ3n) is 5.62. The fourth-order valence-corrected chi connectivity index (χ4v) is 4.22. The SMILES string of the molecule is CC(=O)N1CCC(CCC(=O)N2CCNCC2c2cccc(Cl)c2)CC1. The maximum Gasteiger partial charge on any atom is 0.223 e. The van der Waals surface area contributed by atoms with E-state index in [-0.39, 0.29) is 17.9 Å². The minimum Gasteiger partial charge on any atom is -0.343 e. The van der Waals surface area contributed by atoms with E-state index in [0.29, 0.717) is 17.4 Å². The van der Waals surface area contributed by atoms with Crippen molar-refractivity contribution in [2.45, 2.75) is 38.6 Å². The third kappa shape index (κ3) is 4.77. The fourth-order valence-electron chi connectivity index (χ4n) is 4.02. The smallest absolute Gasteiger partial charge is 0.223 e. The fraction of sp³-hybridized carbons (Fsp3) is 0.600. The van der Waals surface area contributed by atoms with Crippen molar-refractivity contribution >= 4 is 23.4 Å². The van der Waals surface area contributed by atoms with Crippen molar-refractivity contribution in [3.05, 3.63) is 34.9 Å². The second-order valence-electron chi connectivity index (χ2n) is 7.35. The molecule has 5 nitrogen and oxygen atoms in total. The number of carbonyl (C=O) groups is 2. The van der Waals surface area contributed by atoms with Gasteiger partial charge in [-0.15, -0.1) is 0 Å². The molecule has 3 rings (SSSR count). The molecular formula is C20H28ClN3O2. The number of nitrogens with one attached hydrogen (secondary N) is 1. The average Bonchev–Trinajstić information content (AvgIpc) is 2.66. The molecule has 1 aromatic rings. The first-order valence-corrected chi connectivity index (χ1v) is 9.93. The van der Waals surface area contributed by atoms with Crippen molar-refractivity contribution in [1.82, 2.24) is 15.1 Å². The Bertz CT molecular complexity index is 644. The quantitative estimate of drug-likeness (QED) is 0.877. The standard InChI is InChI=1S/C20H28ClN3O2/c1-15(25)23-10-7-16(8-11-23)5-6-20(26)24-12-9-22-14-19(24)17-3-2-4-18(21)13-17/h2-4,13,16,19,22H,5-12,14H2,1H3. The molecule has 1 atom stereocenters. The summed E-state index contributed by atoms with van der Waals surface area (Å²) in [4.78, 5) is 28.2. The Kier molecular flexibility index (Phi) is 6.54. The van der Waals surface area contributed by atoms with Gasteiger partial charge in [-0.25, -0.2) is 0 Å². The predicted molar refractivity (Wildman–Crippen MR) is 103 cm³/mol. The summed E-state index contributed by atoms with van der Waals surface area (Å²) in [7, 11) is 0. The summed E-state index contributed by atoms with van der Waals surface area (Å²) in [6, 6.07) is 7.85. The van der Waals surface area contributed by atoms with Crippen LogP contribution in [0.1, 0.15) is 44.2 Å². The number of nitrogens with zero attached hydrogens (tertiary/aromatic N) is 2. The summed E-state index contributed by atoms with van der Waals surface area (Å²) < 4.78 is 0. The first-order chi connectivity index (χ1) is 12.5. The summed E-state index contributed by atoms with van der Waals surface area (Å²) in [5.41, 5.74) is 1.09. The maximum atomic E-state index is 12.9. The molecule has 2 aliphatic heterocycles. The third-order valence-corrected chi connectivity index (χ3v) is 5.86. The number of benzene rings is 1. The molecule has 6 heteroatoms. The summed E-state index contributed by atoms with van der Waals surface area (Å²) in [5.74, 6) is 0.928. The van der Waals surface area contributed by atoms with Gasteiger partial charge in [0.25, 0.3) is 0 Å². The van der Waals surface area contributed by atoms with Gasteiger partial charge in [-0.05, 0) is 42.9 Å². The summed E-state index contributed by atoms with van der Waals surface area (Å²) in [6.07, 6.45) is 3.51. The van der Waals surface area contributed by atoms with Gasteiger partial charge in [-0.2, -0.15) is 0 Å². The Morgan fingerprint density at radius 1 is 1.23 bits per heavy atom. The minimum absolute atomic E-state index is 0.0505. The molecule has 0 spiro atoms. The van der Waals surface area contributed by atoms with Crippen LogP contribution in [0.5, 0.6) is 0 Å². The highest BCUT2D eigenvalue weighted by atomic mass is 35.5. The number of likely N-dealkylation sites (tertiary alicyclic amines) is 1. The summed E-state index contributed by atoms with van der Waals surface area (Å²) >= 11 is 6.14. The number of piperidine rings is 1. The van der Waals surface area contributed by atoms with Crippen LogP contribution in [0.4, 0.5) is 0 Å². The molecule has 1 aromatic carbocycles. The lowest BCUT2D eigenvalue weighted by molar-refractivity contribution is -0.135. The molecule has 0 saturated carbocycles. The van der Waals surface area contributed by atoms with Crippen molar-refractivity contribution < 1.29 is 9.59 Å². The maximum absolute atomic E-state index is 12.9. The van der Waals surface area contributed by atoms with Crippen LogP contribution >= 0.6 is 11.6 Å². The molecular weight excluding hydrogens is 350 g/mol. The van der Waals surface area contributed by atoms with Crippen LogP contribution in [0.3, 0.4) is 0 Å². The van der Waals surface area contributed by atoms with E-state index in [0.717, 1.165) is 57.5 Å². The molecule has 0 aliphatic carbocycles. The van der Waals surface area contributed by atoms with Crippen LogP contribution in [0.15, 0.2) is 24.3 Å². The number of piperazine rings is 1. The van der Waals surface area contributed by atoms with Crippen LogP contribution in [0.2, 0.25) is 5.02 Å². The van der Waals surface area contributed by atoms with E-state index in [1.807, 2.05) is 34.1 Å². The van der Waals surface area contributed by atoms with Crippen molar-refractivity contribution in [3.8, 4) is 0 Å². The number of rotatable bonds is 4. The van der Waals surface area contributed by atoms with E-state index in [9.17, 15) is 9.59 Å². The van der Waals surface area contributed by atoms with E-state index >= 15 is 0 Å². The van der Waals surface area contributed by atoms with Crippen LogP contribution < -0.4 is 5.32 Å². The first kappa shape index (κ1) is 19.2. The summed E-state index contributed by atoms with van der Waals surface area (Å²) in [6.45, 7) is 5.62. The van der Waals surface area contributed by atoms with E-state index in [2.05, 4.69) is 5.32 Å². The van der Waals surface area contributed by atoms with Gasteiger partial charge in [0.1, 0.15) is 0 Å².